The molecule has 20 heavy (non-hydrogen) atoms. The van der Waals surface area contributed by atoms with Crippen LogP contribution in [-0.2, 0) is 0 Å². The number of carbonyl (C=O) groups excluding carboxylic acids is 1. The lowest BCUT2D eigenvalue weighted by Gasteiger charge is -2.24. The van der Waals surface area contributed by atoms with E-state index in [1.807, 2.05) is 13.8 Å². The molecule has 0 radical (unpaired) electrons. The second kappa shape index (κ2) is 6.79. The van der Waals surface area contributed by atoms with E-state index < -0.39 is 5.97 Å². The Bertz CT molecular complexity index is 502. The van der Waals surface area contributed by atoms with Gasteiger partial charge in [0.05, 0.1) is 0 Å². The van der Waals surface area contributed by atoms with Gasteiger partial charge in [-0.1, -0.05) is 13.3 Å². The van der Waals surface area contributed by atoms with Crippen molar-refractivity contribution < 1.29 is 19.8 Å². The first kappa shape index (κ1) is 15.8. The summed E-state index contributed by atoms with van der Waals surface area (Å²) in [5.41, 5.74) is 0.156. The van der Waals surface area contributed by atoms with Gasteiger partial charge in [-0.05, 0) is 25.5 Å². The van der Waals surface area contributed by atoms with Gasteiger partial charge in [0.15, 0.2) is 0 Å². The molecule has 1 rings (SSSR count). The zero-order chi connectivity index (χ0) is 15.3. The molecule has 0 aromatic heterocycles. The first-order valence-electron chi connectivity index (χ1n) is 6.47. The maximum Gasteiger partial charge on any atom is 0.339 e. The van der Waals surface area contributed by atoms with Crippen LogP contribution in [0.25, 0.3) is 0 Å². The molecule has 2 amide bonds. The zero-order valence-electron chi connectivity index (χ0n) is 11.9. The van der Waals surface area contributed by atoms with E-state index in [1.165, 1.54) is 18.2 Å². The van der Waals surface area contributed by atoms with E-state index in [4.69, 9.17) is 5.11 Å². The van der Waals surface area contributed by atoms with Gasteiger partial charge < -0.3 is 20.4 Å². The number of nitrogens with zero attached hydrogens (tertiary/aromatic N) is 1. The smallest absolute Gasteiger partial charge is 0.339 e. The van der Waals surface area contributed by atoms with Crippen molar-refractivity contribution in [1.82, 2.24) is 4.90 Å². The summed E-state index contributed by atoms with van der Waals surface area (Å²) < 4.78 is 0. The number of benzene rings is 1. The summed E-state index contributed by atoms with van der Waals surface area (Å²) in [5.74, 6) is -1.59. The molecule has 0 aliphatic rings. The van der Waals surface area contributed by atoms with Gasteiger partial charge in [-0.2, -0.15) is 0 Å². The van der Waals surface area contributed by atoms with Crippen LogP contribution in [0.5, 0.6) is 5.75 Å². The summed E-state index contributed by atoms with van der Waals surface area (Å²) in [6, 6.07) is 3.72. The van der Waals surface area contributed by atoms with Gasteiger partial charge in [0, 0.05) is 24.8 Å². The Morgan fingerprint density at radius 2 is 2.05 bits per heavy atom. The fourth-order valence-corrected chi connectivity index (χ4v) is 1.81. The number of carboxylic acids is 1. The number of hydrogen-bond acceptors (Lipinski definition) is 3. The number of phenols is 1. The normalized spacial score (nSPS) is 11.8. The molecule has 0 fully saturated rings. The average molecular weight is 280 g/mol. The summed E-state index contributed by atoms with van der Waals surface area (Å²) in [6.45, 7) is 4.00. The topological polar surface area (TPSA) is 89.9 Å². The Kier molecular flexibility index (Phi) is 5.37. The van der Waals surface area contributed by atoms with Gasteiger partial charge in [0.25, 0.3) is 0 Å². The van der Waals surface area contributed by atoms with Crippen LogP contribution in [0.3, 0.4) is 0 Å². The maximum atomic E-state index is 12.0. The molecule has 6 nitrogen and oxygen atoms in total. The molecule has 1 aromatic rings. The van der Waals surface area contributed by atoms with Crippen LogP contribution in [0, 0.1) is 0 Å². The monoisotopic (exact) mass is 280 g/mol. The molecule has 1 aromatic carbocycles. The number of carbonyl (C=O) groups is 2. The van der Waals surface area contributed by atoms with Crippen LogP contribution >= 0.6 is 0 Å². The summed E-state index contributed by atoms with van der Waals surface area (Å²) >= 11 is 0. The average Bonchev–Trinajstić information content (AvgIpc) is 2.37. The molecule has 0 saturated heterocycles. The van der Waals surface area contributed by atoms with Crippen LogP contribution in [0.15, 0.2) is 18.2 Å². The number of hydrogen-bond donors (Lipinski definition) is 3. The first-order chi connectivity index (χ1) is 9.36. The lowest BCUT2D eigenvalue weighted by molar-refractivity contribution is 0.0694. The van der Waals surface area contributed by atoms with Crippen molar-refractivity contribution in [3.8, 4) is 5.75 Å². The Morgan fingerprint density at radius 3 is 2.55 bits per heavy atom. The molecule has 0 bridgehead atoms. The highest BCUT2D eigenvalue weighted by Crippen LogP contribution is 2.22. The number of aromatic hydroxyl groups is 1. The van der Waals surface area contributed by atoms with Crippen LogP contribution in [0.4, 0.5) is 10.5 Å². The molecule has 0 aliphatic carbocycles. The second-order valence-corrected chi connectivity index (χ2v) is 4.72. The van der Waals surface area contributed by atoms with Crippen LogP contribution < -0.4 is 5.32 Å². The highest BCUT2D eigenvalue weighted by Gasteiger charge is 2.16. The van der Waals surface area contributed by atoms with Gasteiger partial charge in [-0.25, -0.2) is 9.59 Å². The molecule has 0 spiro atoms. The predicted molar refractivity (Wildman–Crippen MR) is 76.2 cm³/mol. The van der Waals surface area contributed by atoms with Crippen LogP contribution in [-0.4, -0.2) is 40.2 Å². The van der Waals surface area contributed by atoms with Crippen molar-refractivity contribution in [2.24, 2.45) is 0 Å². The molecule has 0 saturated carbocycles. The van der Waals surface area contributed by atoms with Crippen molar-refractivity contribution in [3.05, 3.63) is 23.8 Å². The van der Waals surface area contributed by atoms with Crippen molar-refractivity contribution in [2.75, 3.05) is 12.4 Å². The minimum Gasteiger partial charge on any atom is -0.507 e. The van der Waals surface area contributed by atoms with Gasteiger partial charge in [-0.15, -0.1) is 0 Å². The highest BCUT2D eigenvalue weighted by molar-refractivity contribution is 5.93. The van der Waals surface area contributed by atoms with Crippen molar-refractivity contribution in [2.45, 2.75) is 32.7 Å². The number of urea groups is 1. The van der Waals surface area contributed by atoms with Crippen molar-refractivity contribution in [3.63, 3.8) is 0 Å². The minimum atomic E-state index is -1.21. The Morgan fingerprint density at radius 1 is 1.40 bits per heavy atom. The summed E-state index contributed by atoms with van der Waals surface area (Å²) in [7, 11) is 1.70. The Labute approximate surface area is 118 Å². The number of amides is 2. The number of anilines is 1. The predicted octanol–water partition coefficient (Wildman–Crippen LogP) is 2.74. The summed E-state index contributed by atoms with van der Waals surface area (Å²) in [4.78, 5) is 24.3. The summed E-state index contributed by atoms with van der Waals surface area (Å²) in [6.07, 6.45) is 1.88. The van der Waals surface area contributed by atoms with Gasteiger partial charge >= 0.3 is 12.0 Å². The largest absolute Gasteiger partial charge is 0.507 e. The van der Waals surface area contributed by atoms with E-state index in [2.05, 4.69) is 5.32 Å². The Balaban J connectivity index is 2.76. The van der Waals surface area contributed by atoms with Crippen LogP contribution in [0.2, 0.25) is 0 Å². The molecule has 6 heteroatoms. The third-order valence-corrected chi connectivity index (χ3v) is 3.17. The van der Waals surface area contributed by atoms with Crippen molar-refractivity contribution in [1.29, 1.82) is 0 Å². The van der Waals surface area contributed by atoms with Crippen molar-refractivity contribution >= 4 is 17.7 Å². The summed E-state index contributed by atoms with van der Waals surface area (Å²) in [5, 5.41) is 21.0. The van der Waals surface area contributed by atoms with E-state index in [0.29, 0.717) is 5.69 Å². The van der Waals surface area contributed by atoms with Gasteiger partial charge in [0.2, 0.25) is 0 Å². The third-order valence-electron chi connectivity index (χ3n) is 3.17. The fourth-order valence-electron chi connectivity index (χ4n) is 1.81. The second-order valence-electron chi connectivity index (χ2n) is 4.72. The number of nitrogens with one attached hydrogen (secondary N) is 1. The molecular weight excluding hydrogens is 260 g/mol. The molecule has 1 atom stereocenters. The number of carboxylic acid groups (broad SMARTS) is 1. The SMILES string of the molecule is CCCC(C)N(C)C(=O)Nc1ccc(C(=O)O)c(O)c1. The van der Waals surface area contributed by atoms with E-state index >= 15 is 0 Å². The molecule has 0 aliphatic heterocycles. The van der Waals surface area contributed by atoms with Gasteiger partial charge in [0.1, 0.15) is 11.3 Å². The van der Waals surface area contributed by atoms with E-state index in [0.717, 1.165) is 12.8 Å². The van der Waals surface area contributed by atoms with E-state index in [-0.39, 0.29) is 23.4 Å². The molecule has 0 heterocycles. The molecule has 110 valence electrons. The minimum absolute atomic E-state index is 0.104. The quantitative estimate of drug-likeness (QED) is 0.773. The standard InChI is InChI=1S/C14H20N2O4/c1-4-5-9(2)16(3)14(20)15-10-6-7-11(13(18)19)12(17)8-10/h6-9,17H,4-5H2,1-3H3,(H,15,20)(H,18,19). The Hall–Kier alpha value is -2.24. The highest BCUT2D eigenvalue weighted by atomic mass is 16.4. The van der Waals surface area contributed by atoms with E-state index in [1.54, 1.807) is 11.9 Å². The number of rotatable bonds is 5. The molecular formula is C14H20N2O4. The van der Waals surface area contributed by atoms with E-state index in [9.17, 15) is 14.7 Å². The maximum absolute atomic E-state index is 12.0. The lowest BCUT2D eigenvalue weighted by Crippen LogP contribution is -2.38. The molecule has 1 unspecified atom stereocenters. The van der Waals surface area contributed by atoms with Crippen LogP contribution in [0.1, 0.15) is 37.0 Å². The molecule has 3 N–H and O–H groups in total. The third kappa shape index (κ3) is 3.88. The number of aromatic carboxylic acids is 1. The zero-order valence-corrected chi connectivity index (χ0v) is 11.9. The van der Waals surface area contributed by atoms with Gasteiger partial charge in [-0.3, -0.25) is 0 Å². The lowest BCUT2D eigenvalue weighted by atomic mass is 10.1. The fraction of sp³-hybridized carbons (Fsp3) is 0.429. The first-order valence-corrected chi connectivity index (χ1v) is 6.47.